The Morgan fingerprint density at radius 3 is 2.40 bits per heavy atom. The molecule has 6 atom stereocenters. The second kappa shape index (κ2) is 9.23. The smallest absolute Gasteiger partial charge is 0.332 e. The molecule has 1 N–H and O–H groups in total. The van der Waals surface area contributed by atoms with Gasteiger partial charge in [-0.25, -0.2) is 4.79 Å². The molecule has 2 aromatic rings. The van der Waals surface area contributed by atoms with Gasteiger partial charge in [0.05, 0.1) is 10.9 Å². The first kappa shape index (κ1) is 23.0. The number of hydrogen-bond donors (Lipinski definition) is 1. The number of aliphatic carboxylic acids is 1. The topological polar surface area (TPSA) is 84.5 Å². The molecular formula is C28H37N3O4. The third-order valence-corrected chi connectivity index (χ3v) is 9.61. The summed E-state index contributed by atoms with van der Waals surface area (Å²) in [6, 6.07) is 7.81. The maximum Gasteiger partial charge on any atom is 0.332 e. The van der Waals surface area contributed by atoms with Gasteiger partial charge in [-0.3, -0.25) is 23.6 Å². The van der Waals surface area contributed by atoms with Gasteiger partial charge in [-0.05, 0) is 68.4 Å². The summed E-state index contributed by atoms with van der Waals surface area (Å²) in [5.41, 5.74) is -0.319. The first-order valence-electron chi connectivity index (χ1n) is 13.7. The highest BCUT2D eigenvalue weighted by Crippen LogP contribution is 2.46. The Balaban J connectivity index is 1.38. The van der Waals surface area contributed by atoms with Gasteiger partial charge in [0.1, 0.15) is 6.54 Å². The van der Waals surface area contributed by atoms with Crippen molar-refractivity contribution in [1.82, 2.24) is 14.0 Å². The number of hydrogen-bond acceptors (Lipinski definition) is 4. The minimum atomic E-state index is -1.07. The van der Waals surface area contributed by atoms with Gasteiger partial charge in [-0.2, -0.15) is 0 Å². The molecule has 0 spiro atoms. The van der Waals surface area contributed by atoms with Crippen LogP contribution in [0.1, 0.15) is 76.7 Å². The lowest BCUT2D eigenvalue weighted by atomic mass is 9.68. The molecule has 3 unspecified atom stereocenters. The highest BCUT2D eigenvalue weighted by atomic mass is 16.4. The summed E-state index contributed by atoms with van der Waals surface area (Å²) in [7, 11) is 0. The van der Waals surface area contributed by atoms with Crippen LogP contribution in [0.2, 0.25) is 0 Å². The summed E-state index contributed by atoms with van der Waals surface area (Å²) in [6.45, 7) is 0.522. The normalized spacial score (nSPS) is 33.4. The predicted octanol–water partition coefficient (Wildman–Crippen LogP) is 4.02. The molecule has 0 amide bonds. The van der Waals surface area contributed by atoms with E-state index in [-0.39, 0.29) is 17.5 Å². The molecule has 0 radical (unpaired) electrons. The molecule has 2 aliphatic heterocycles. The van der Waals surface area contributed by atoms with Crippen LogP contribution >= 0.6 is 0 Å². The molecule has 7 rings (SSSR count). The molecule has 35 heavy (non-hydrogen) atoms. The fourth-order valence-electron chi connectivity index (χ4n) is 8.15. The van der Waals surface area contributed by atoms with Crippen LogP contribution < -0.4 is 11.2 Å². The van der Waals surface area contributed by atoms with Gasteiger partial charge in [0, 0.05) is 24.7 Å². The van der Waals surface area contributed by atoms with Crippen molar-refractivity contribution in [2.24, 2.45) is 17.8 Å². The number of piperidine rings is 1. The van der Waals surface area contributed by atoms with Crippen molar-refractivity contribution in [2.75, 3.05) is 6.54 Å². The summed E-state index contributed by atoms with van der Waals surface area (Å²) < 4.78 is 2.73. The van der Waals surface area contributed by atoms with E-state index in [9.17, 15) is 19.5 Å². The zero-order valence-electron chi connectivity index (χ0n) is 20.5. The average molecular weight is 480 g/mol. The number of carboxylic acids is 1. The van der Waals surface area contributed by atoms with Gasteiger partial charge < -0.3 is 5.11 Å². The SMILES string of the molecule is O=C(O)Cn1c(=O)n(C2C[C@H]3CCCCC2CN3C2C[C@H]3CCC[C@@H](C2)C3)c(=O)c2ccccc21. The Kier molecular flexibility index (Phi) is 6.07. The van der Waals surface area contributed by atoms with Crippen LogP contribution in [0.5, 0.6) is 0 Å². The van der Waals surface area contributed by atoms with Crippen molar-refractivity contribution in [3.63, 3.8) is 0 Å². The third kappa shape index (κ3) is 4.15. The first-order valence-corrected chi connectivity index (χ1v) is 13.7. The van der Waals surface area contributed by atoms with Gasteiger partial charge in [-0.1, -0.05) is 44.2 Å². The Morgan fingerprint density at radius 1 is 0.886 bits per heavy atom. The standard InChI is InChI=1S/C28H37N3O4/c32-26(33)17-30-24-11-4-3-10-23(24)27(34)31(28(30)35)25-15-21-9-2-1-8-20(25)16-29(21)22-13-18-6-5-7-19(12-18)14-22/h3-4,10-11,18-22,25H,1-2,5-9,12-17H2,(H,32,33)/t18-,19+,20?,21-,22?,25?/m1/s1. The lowest BCUT2D eigenvalue weighted by Crippen LogP contribution is -2.57. The number of nitrogens with zero attached hydrogens (tertiary/aromatic N) is 3. The van der Waals surface area contributed by atoms with Gasteiger partial charge in [-0.15, -0.1) is 0 Å². The molecule has 2 saturated heterocycles. The van der Waals surface area contributed by atoms with E-state index in [2.05, 4.69) is 4.90 Å². The minimum Gasteiger partial charge on any atom is -0.480 e. The molecule has 5 aliphatic rings. The van der Waals surface area contributed by atoms with Crippen LogP contribution in [0.25, 0.3) is 10.9 Å². The number of para-hydroxylation sites is 1. The highest BCUT2D eigenvalue weighted by molar-refractivity contribution is 5.79. The molecule has 4 bridgehead atoms. The molecule has 7 heteroatoms. The lowest BCUT2D eigenvalue weighted by molar-refractivity contribution is -0.137. The molecule has 3 heterocycles. The predicted molar refractivity (Wildman–Crippen MR) is 135 cm³/mol. The number of aromatic nitrogens is 2. The van der Waals surface area contributed by atoms with Crippen molar-refractivity contribution in [1.29, 1.82) is 0 Å². The van der Waals surface area contributed by atoms with Crippen LogP contribution in [0.15, 0.2) is 33.9 Å². The molecule has 5 fully saturated rings. The summed E-state index contributed by atoms with van der Waals surface area (Å²) in [6.07, 6.45) is 13.5. The number of benzene rings is 1. The maximum absolute atomic E-state index is 13.7. The monoisotopic (exact) mass is 479 g/mol. The van der Waals surface area contributed by atoms with Crippen molar-refractivity contribution in [3.8, 4) is 0 Å². The van der Waals surface area contributed by atoms with E-state index in [1.807, 2.05) is 0 Å². The number of rotatable bonds is 4. The largest absolute Gasteiger partial charge is 0.480 e. The summed E-state index contributed by atoms with van der Waals surface area (Å²) in [5, 5.41) is 9.94. The molecular weight excluding hydrogens is 442 g/mol. The number of fused-ring (bicyclic) bond motifs is 8. The second-order valence-corrected chi connectivity index (χ2v) is 11.7. The molecule has 7 nitrogen and oxygen atoms in total. The Labute approximate surface area is 205 Å². The zero-order chi connectivity index (χ0) is 24.1. The maximum atomic E-state index is 13.7. The number of carbonyl (C=O) groups is 1. The summed E-state index contributed by atoms with van der Waals surface area (Å²) in [5.74, 6) is 0.922. The molecule has 3 saturated carbocycles. The fourth-order valence-corrected chi connectivity index (χ4v) is 8.15. The van der Waals surface area contributed by atoms with Gasteiger partial charge in [0.2, 0.25) is 0 Å². The average Bonchev–Trinajstić information content (AvgIpc) is 2.82. The zero-order valence-corrected chi connectivity index (χ0v) is 20.5. The quantitative estimate of drug-likeness (QED) is 0.716. The van der Waals surface area contributed by atoms with Gasteiger partial charge in [0.25, 0.3) is 5.56 Å². The third-order valence-electron chi connectivity index (χ3n) is 9.61. The Bertz CT molecular complexity index is 1220. The minimum absolute atomic E-state index is 0.163. The fraction of sp³-hybridized carbons (Fsp3) is 0.679. The van der Waals surface area contributed by atoms with Crippen LogP contribution in [0.3, 0.4) is 0 Å². The Hall–Kier alpha value is -2.41. The van der Waals surface area contributed by atoms with Gasteiger partial charge >= 0.3 is 11.7 Å². The van der Waals surface area contributed by atoms with E-state index in [1.165, 1.54) is 54.1 Å². The van der Waals surface area contributed by atoms with Crippen molar-refractivity contribution in [3.05, 3.63) is 45.1 Å². The van der Waals surface area contributed by atoms with E-state index < -0.39 is 18.2 Å². The van der Waals surface area contributed by atoms with E-state index in [0.29, 0.717) is 23.0 Å². The summed E-state index contributed by atoms with van der Waals surface area (Å²) >= 11 is 0. The Morgan fingerprint density at radius 2 is 1.63 bits per heavy atom. The van der Waals surface area contributed by atoms with Crippen LogP contribution in [0, 0.1) is 17.8 Å². The van der Waals surface area contributed by atoms with E-state index >= 15 is 0 Å². The van der Waals surface area contributed by atoms with Gasteiger partial charge in [0.15, 0.2) is 0 Å². The highest BCUT2D eigenvalue weighted by Gasteiger charge is 2.44. The first-order chi connectivity index (χ1) is 17.0. The van der Waals surface area contributed by atoms with E-state index in [1.54, 1.807) is 24.3 Å². The number of carboxylic acid groups (broad SMARTS) is 1. The van der Waals surface area contributed by atoms with E-state index in [0.717, 1.165) is 44.1 Å². The molecule has 3 aliphatic carbocycles. The van der Waals surface area contributed by atoms with E-state index in [4.69, 9.17) is 0 Å². The van der Waals surface area contributed by atoms with Crippen LogP contribution in [0.4, 0.5) is 0 Å². The van der Waals surface area contributed by atoms with Crippen LogP contribution in [-0.4, -0.2) is 43.7 Å². The molecule has 1 aromatic heterocycles. The molecule has 188 valence electrons. The van der Waals surface area contributed by atoms with Crippen molar-refractivity contribution >= 4 is 16.9 Å². The molecule has 1 aromatic carbocycles. The lowest BCUT2D eigenvalue weighted by Gasteiger charge is -2.52. The second-order valence-electron chi connectivity index (χ2n) is 11.7. The van der Waals surface area contributed by atoms with Crippen molar-refractivity contribution < 1.29 is 9.90 Å². The van der Waals surface area contributed by atoms with Crippen LogP contribution in [-0.2, 0) is 11.3 Å². The van der Waals surface area contributed by atoms with Crippen molar-refractivity contribution in [2.45, 2.75) is 95.3 Å². The summed E-state index contributed by atoms with van der Waals surface area (Å²) in [4.78, 5) is 41.7.